The molecule has 106 valence electrons. The van der Waals surface area contributed by atoms with Crippen molar-refractivity contribution in [3.05, 3.63) is 53.3 Å². The maximum atomic E-state index is 2.56. The molecular formula is C18H24N2. The first kappa shape index (κ1) is 13.3. The molecule has 3 rings (SSSR count). The third-order valence-electron chi connectivity index (χ3n) is 4.42. The zero-order chi connectivity index (χ0) is 13.9. The molecule has 20 heavy (non-hydrogen) atoms. The van der Waals surface area contributed by atoms with Gasteiger partial charge in [-0.15, -0.1) is 0 Å². The van der Waals surface area contributed by atoms with Crippen LogP contribution in [-0.2, 0) is 0 Å². The van der Waals surface area contributed by atoms with Gasteiger partial charge in [0.1, 0.15) is 0 Å². The first-order valence-corrected chi connectivity index (χ1v) is 7.65. The molecule has 1 heterocycles. The average molecular weight is 268 g/mol. The lowest BCUT2D eigenvalue weighted by Crippen LogP contribution is -2.46. The van der Waals surface area contributed by atoms with Crippen molar-refractivity contribution in [1.82, 2.24) is 4.90 Å². The van der Waals surface area contributed by atoms with E-state index in [0.29, 0.717) is 0 Å². The predicted octanol–water partition coefficient (Wildman–Crippen LogP) is 3.74. The van der Waals surface area contributed by atoms with Gasteiger partial charge < -0.3 is 9.80 Å². The van der Waals surface area contributed by atoms with E-state index in [2.05, 4.69) is 60.1 Å². The molecule has 0 bridgehead atoms. The summed E-state index contributed by atoms with van der Waals surface area (Å²) in [6.07, 6.45) is 7.04. The first-order chi connectivity index (χ1) is 9.72. The molecule has 1 fully saturated rings. The molecule has 2 nitrogen and oxygen atoms in total. The van der Waals surface area contributed by atoms with Crippen molar-refractivity contribution in [2.75, 3.05) is 31.1 Å². The molecule has 0 amide bonds. The monoisotopic (exact) mass is 268 g/mol. The van der Waals surface area contributed by atoms with E-state index in [-0.39, 0.29) is 0 Å². The van der Waals surface area contributed by atoms with Gasteiger partial charge in [0.05, 0.1) is 0 Å². The molecule has 0 saturated carbocycles. The summed E-state index contributed by atoms with van der Waals surface area (Å²) in [5, 5.41) is 0. The number of hydrogen-bond acceptors (Lipinski definition) is 2. The summed E-state index contributed by atoms with van der Waals surface area (Å²) in [5.74, 6) is 0. The molecule has 0 radical (unpaired) electrons. The van der Waals surface area contributed by atoms with Crippen LogP contribution in [0.2, 0.25) is 0 Å². The molecule has 1 aliphatic heterocycles. The third kappa shape index (κ3) is 2.90. The van der Waals surface area contributed by atoms with Gasteiger partial charge in [-0.25, -0.2) is 0 Å². The summed E-state index contributed by atoms with van der Waals surface area (Å²) in [7, 11) is 0. The van der Waals surface area contributed by atoms with Crippen molar-refractivity contribution in [3.63, 3.8) is 0 Å². The van der Waals surface area contributed by atoms with E-state index in [1.54, 1.807) is 0 Å². The summed E-state index contributed by atoms with van der Waals surface area (Å²) in [6.45, 7) is 8.92. The molecule has 2 heteroatoms. The van der Waals surface area contributed by atoms with E-state index >= 15 is 0 Å². The number of allylic oxidation sites excluding steroid dienone is 4. The third-order valence-corrected chi connectivity index (χ3v) is 4.42. The van der Waals surface area contributed by atoms with E-state index in [1.165, 1.54) is 35.4 Å². The highest BCUT2D eigenvalue weighted by Gasteiger charge is 2.19. The van der Waals surface area contributed by atoms with Crippen LogP contribution >= 0.6 is 0 Å². The fraction of sp³-hybridized carbons (Fsp3) is 0.444. The topological polar surface area (TPSA) is 6.48 Å². The minimum atomic E-state index is 1.13. The molecule has 1 saturated heterocycles. The van der Waals surface area contributed by atoms with E-state index in [9.17, 15) is 0 Å². The van der Waals surface area contributed by atoms with Crippen LogP contribution in [0, 0.1) is 6.92 Å². The van der Waals surface area contributed by atoms with Crippen molar-refractivity contribution < 1.29 is 0 Å². The summed E-state index contributed by atoms with van der Waals surface area (Å²) in [6, 6.07) is 8.91. The van der Waals surface area contributed by atoms with Gasteiger partial charge in [0, 0.05) is 37.6 Å². The van der Waals surface area contributed by atoms with Crippen LogP contribution < -0.4 is 4.90 Å². The van der Waals surface area contributed by atoms with Crippen LogP contribution in [0.15, 0.2) is 47.7 Å². The quantitative estimate of drug-likeness (QED) is 0.806. The molecule has 1 aromatic carbocycles. The van der Waals surface area contributed by atoms with Gasteiger partial charge >= 0.3 is 0 Å². The Kier molecular flexibility index (Phi) is 3.81. The fourth-order valence-electron chi connectivity index (χ4n) is 3.00. The minimum Gasteiger partial charge on any atom is -0.371 e. The lowest BCUT2D eigenvalue weighted by molar-refractivity contribution is 0.310. The van der Waals surface area contributed by atoms with Crippen LogP contribution in [0.5, 0.6) is 0 Å². The van der Waals surface area contributed by atoms with Gasteiger partial charge in [0.25, 0.3) is 0 Å². The van der Waals surface area contributed by atoms with E-state index in [0.717, 1.165) is 26.2 Å². The Bertz CT molecular complexity index is 517. The number of benzene rings is 1. The van der Waals surface area contributed by atoms with Crippen molar-refractivity contribution >= 4 is 5.69 Å². The van der Waals surface area contributed by atoms with Gasteiger partial charge in [-0.2, -0.15) is 0 Å². The molecule has 0 aromatic heterocycles. The van der Waals surface area contributed by atoms with E-state index in [4.69, 9.17) is 0 Å². The smallest absolute Gasteiger partial charge is 0.0367 e. The molecule has 0 N–H and O–H groups in total. The number of piperazine rings is 1. The van der Waals surface area contributed by atoms with Gasteiger partial charge in [-0.1, -0.05) is 29.3 Å². The number of anilines is 1. The second-order valence-corrected chi connectivity index (χ2v) is 5.98. The summed E-state index contributed by atoms with van der Waals surface area (Å²) >= 11 is 0. The Balaban J connectivity index is 1.61. The van der Waals surface area contributed by atoms with Crippen LogP contribution in [-0.4, -0.2) is 31.1 Å². The second-order valence-electron chi connectivity index (χ2n) is 5.98. The maximum Gasteiger partial charge on any atom is 0.0367 e. The fourth-order valence-corrected chi connectivity index (χ4v) is 3.00. The molecule has 0 atom stereocenters. The number of hydrogen-bond donors (Lipinski definition) is 0. The number of rotatable bonds is 2. The highest BCUT2D eigenvalue weighted by molar-refractivity contribution is 5.48. The Morgan fingerprint density at radius 1 is 0.750 bits per heavy atom. The minimum absolute atomic E-state index is 1.13. The van der Waals surface area contributed by atoms with E-state index < -0.39 is 0 Å². The Hall–Kier alpha value is -1.70. The molecular weight excluding hydrogens is 244 g/mol. The average Bonchev–Trinajstić information content (AvgIpc) is 2.49. The van der Waals surface area contributed by atoms with Crippen LogP contribution in [0.25, 0.3) is 0 Å². The Morgan fingerprint density at radius 3 is 2.00 bits per heavy atom. The highest BCUT2D eigenvalue weighted by Crippen LogP contribution is 2.24. The number of aryl methyl sites for hydroxylation is 1. The van der Waals surface area contributed by atoms with Gasteiger partial charge in [0.15, 0.2) is 0 Å². The van der Waals surface area contributed by atoms with Gasteiger partial charge in [0.2, 0.25) is 0 Å². The number of nitrogens with zero attached hydrogens (tertiary/aromatic N) is 2. The molecule has 2 aliphatic rings. The zero-order valence-electron chi connectivity index (χ0n) is 12.6. The molecule has 1 aliphatic carbocycles. The van der Waals surface area contributed by atoms with Crippen LogP contribution in [0.3, 0.4) is 0 Å². The molecule has 0 unspecified atom stereocenters. The zero-order valence-corrected chi connectivity index (χ0v) is 12.6. The van der Waals surface area contributed by atoms with Gasteiger partial charge in [-0.3, -0.25) is 0 Å². The molecule has 1 aromatic rings. The first-order valence-electron chi connectivity index (χ1n) is 7.65. The van der Waals surface area contributed by atoms with Crippen LogP contribution in [0.1, 0.15) is 25.3 Å². The summed E-state index contributed by atoms with van der Waals surface area (Å²) in [5.41, 5.74) is 5.73. The Morgan fingerprint density at radius 2 is 1.40 bits per heavy atom. The predicted molar refractivity (Wildman–Crippen MR) is 86.0 cm³/mol. The summed E-state index contributed by atoms with van der Waals surface area (Å²) < 4.78 is 0. The molecule has 0 spiro atoms. The van der Waals surface area contributed by atoms with Crippen molar-refractivity contribution in [2.45, 2.75) is 26.7 Å². The second kappa shape index (κ2) is 5.74. The lowest BCUT2D eigenvalue weighted by Gasteiger charge is -2.39. The van der Waals surface area contributed by atoms with E-state index in [1.807, 2.05) is 0 Å². The van der Waals surface area contributed by atoms with Crippen molar-refractivity contribution in [2.24, 2.45) is 0 Å². The maximum absolute atomic E-state index is 2.56. The van der Waals surface area contributed by atoms with Gasteiger partial charge in [-0.05, 0) is 44.9 Å². The normalized spacial score (nSPS) is 19.7. The van der Waals surface area contributed by atoms with Crippen molar-refractivity contribution in [3.8, 4) is 0 Å². The standard InChI is InChI=1S/C18H24N2/c1-15-3-7-17(8-4-15)19-11-13-20(14-12-19)18-9-5-16(2)6-10-18/h3-5,7-9H,6,10-14H2,1-2H3. The summed E-state index contributed by atoms with van der Waals surface area (Å²) in [4.78, 5) is 5.06. The Labute approximate surface area is 122 Å². The highest BCUT2D eigenvalue weighted by atomic mass is 15.3. The van der Waals surface area contributed by atoms with Crippen molar-refractivity contribution in [1.29, 1.82) is 0 Å². The largest absolute Gasteiger partial charge is 0.371 e. The SMILES string of the molecule is CC1=CC=C(N2CCN(c3ccc(C)cc3)CC2)CC1. The lowest BCUT2D eigenvalue weighted by atomic mass is 10.0. The van der Waals surface area contributed by atoms with Crippen LogP contribution in [0.4, 0.5) is 5.69 Å².